The van der Waals surface area contributed by atoms with Crippen molar-refractivity contribution in [1.82, 2.24) is 4.90 Å². The Bertz CT molecular complexity index is 913. The van der Waals surface area contributed by atoms with Gasteiger partial charge in [-0.15, -0.1) is 0 Å². The Morgan fingerprint density at radius 3 is 1.76 bits per heavy atom. The highest BCUT2D eigenvalue weighted by molar-refractivity contribution is 6.24. The zero-order valence-electron chi connectivity index (χ0n) is 13.4. The normalized spacial score (nSPS) is 13.4. The third-order valence-electron chi connectivity index (χ3n) is 4.47. The molecule has 1 aliphatic rings. The maximum atomic E-state index is 13.0. The van der Waals surface area contributed by atoms with Gasteiger partial charge in [0.15, 0.2) is 0 Å². The van der Waals surface area contributed by atoms with E-state index < -0.39 is 6.04 Å². The molecular weight excluding hydrogens is 312 g/mol. The molecule has 4 rings (SSSR count). The first-order valence-corrected chi connectivity index (χ1v) is 8.05. The van der Waals surface area contributed by atoms with Crippen LogP contribution in [0.3, 0.4) is 0 Å². The first kappa shape index (κ1) is 15.1. The van der Waals surface area contributed by atoms with Crippen LogP contribution in [0.5, 0.6) is 0 Å². The van der Waals surface area contributed by atoms with Crippen LogP contribution in [0.1, 0.15) is 37.9 Å². The molecule has 0 aromatic heterocycles. The van der Waals surface area contributed by atoms with E-state index in [9.17, 15) is 9.59 Å². The van der Waals surface area contributed by atoms with E-state index in [0.717, 1.165) is 11.1 Å². The largest absolute Gasteiger partial charge is 0.398 e. The maximum Gasteiger partial charge on any atom is 0.264 e. The Kier molecular flexibility index (Phi) is 3.58. The second-order valence-corrected chi connectivity index (χ2v) is 5.97. The van der Waals surface area contributed by atoms with Gasteiger partial charge in [-0.1, -0.05) is 66.7 Å². The highest BCUT2D eigenvalue weighted by atomic mass is 16.2. The van der Waals surface area contributed by atoms with Crippen molar-refractivity contribution in [2.75, 3.05) is 5.73 Å². The van der Waals surface area contributed by atoms with Gasteiger partial charge in [0.1, 0.15) is 0 Å². The van der Waals surface area contributed by atoms with E-state index in [1.807, 2.05) is 60.7 Å². The molecule has 0 aliphatic carbocycles. The fourth-order valence-corrected chi connectivity index (χ4v) is 3.33. The molecule has 25 heavy (non-hydrogen) atoms. The van der Waals surface area contributed by atoms with Gasteiger partial charge < -0.3 is 5.73 Å². The fraction of sp³-hybridized carbons (Fsp3) is 0.0476. The van der Waals surface area contributed by atoms with E-state index in [4.69, 9.17) is 5.73 Å². The fourth-order valence-electron chi connectivity index (χ4n) is 3.33. The summed E-state index contributed by atoms with van der Waals surface area (Å²) in [5.74, 6) is -0.666. The third kappa shape index (κ3) is 2.39. The Morgan fingerprint density at radius 2 is 1.24 bits per heavy atom. The molecule has 0 saturated carbocycles. The Balaban J connectivity index is 1.89. The lowest BCUT2D eigenvalue weighted by Crippen LogP contribution is -2.34. The van der Waals surface area contributed by atoms with E-state index in [0.29, 0.717) is 16.8 Å². The van der Waals surface area contributed by atoms with Crippen LogP contribution in [-0.2, 0) is 0 Å². The van der Waals surface area contributed by atoms with Gasteiger partial charge in [-0.2, -0.15) is 0 Å². The van der Waals surface area contributed by atoms with Crippen LogP contribution in [0, 0.1) is 0 Å². The second-order valence-electron chi connectivity index (χ2n) is 5.97. The van der Waals surface area contributed by atoms with E-state index in [-0.39, 0.29) is 11.8 Å². The standard InChI is InChI=1S/C21H16N2O2/c22-17-13-7-12-16-18(17)21(25)23(20(16)24)19(14-8-3-1-4-9-14)15-10-5-2-6-11-15/h1-13,19H,22H2. The van der Waals surface area contributed by atoms with Gasteiger partial charge in [0, 0.05) is 5.69 Å². The number of anilines is 1. The Morgan fingerprint density at radius 1 is 0.680 bits per heavy atom. The number of nitrogens with zero attached hydrogens (tertiary/aromatic N) is 1. The lowest BCUT2D eigenvalue weighted by atomic mass is 9.97. The van der Waals surface area contributed by atoms with Crippen LogP contribution >= 0.6 is 0 Å². The summed E-state index contributed by atoms with van der Waals surface area (Å²) in [4.78, 5) is 27.3. The number of rotatable bonds is 3. The van der Waals surface area contributed by atoms with Gasteiger partial charge in [-0.3, -0.25) is 14.5 Å². The molecule has 3 aromatic rings. The minimum atomic E-state index is -0.491. The molecule has 0 fully saturated rings. The van der Waals surface area contributed by atoms with Crippen LogP contribution in [-0.4, -0.2) is 16.7 Å². The van der Waals surface area contributed by atoms with Crippen LogP contribution < -0.4 is 5.73 Å². The zero-order valence-corrected chi connectivity index (χ0v) is 13.4. The van der Waals surface area contributed by atoms with Gasteiger partial charge in [-0.05, 0) is 23.3 Å². The molecule has 0 unspecified atom stereocenters. The van der Waals surface area contributed by atoms with Crippen LogP contribution in [0.2, 0.25) is 0 Å². The van der Waals surface area contributed by atoms with Crippen molar-refractivity contribution >= 4 is 17.5 Å². The van der Waals surface area contributed by atoms with E-state index in [1.54, 1.807) is 18.2 Å². The number of nitrogen functional groups attached to an aromatic ring is 1. The molecule has 0 radical (unpaired) electrons. The van der Waals surface area contributed by atoms with Gasteiger partial charge in [-0.25, -0.2) is 0 Å². The average Bonchev–Trinajstić information content (AvgIpc) is 2.90. The number of nitrogens with two attached hydrogens (primary N) is 1. The molecular formula is C21H16N2O2. The minimum absolute atomic E-state index is 0.296. The number of imide groups is 1. The second kappa shape index (κ2) is 5.91. The van der Waals surface area contributed by atoms with Gasteiger partial charge in [0.05, 0.1) is 17.2 Å². The predicted octanol–water partition coefficient (Wildman–Crippen LogP) is 3.65. The monoisotopic (exact) mass is 328 g/mol. The number of fused-ring (bicyclic) bond motifs is 1. The lowest BCUT2D eigenvalue weighted by molar-refractivity contribution is 0.0609. The van der Waals surface area contributed by atoms with Crippen LogP contribution in [0.15, 0.2) is 78.9 Å². The van der Waals surface area contributed by atoms with Crippen molar-refractivity contribution in [3.8, 4) is 0 Å². The summed E-state index contributed by atoms with van der Waals surface area (Å²) in [5.41, 5.74) is 8.71. The topological polar surface area (TPSA) is 63.4 Å². The number of carbonyl (C=O) groups excluding carboxylic acids is 2. The van der Waals surface area contributed by atoms with Gasteiger partial charge >= 0.3 is 0 Å². The van der Waals surface area contributed by atoms with Crippen LogP contribution in [0.25, 0.3) is 0 Å². The summed E-state index contributed by atoms with van der Waals surface area (Å²) >= 11 is 0. The molecule has 1 heterocycles. The smallest absolute Gasteiger partial charge is 0.264 e. The minimum Gasteiger partial charge on any atom is -0.398 e. The first-order valence-electron chi connectivity index (χ1n) is 8.05. The van der Waals surface area contributed by atoms with Crippen molar-refractivity contribution in [2.45, 2.75) is 6.04 Å². The molecule has 0 spiro atoms. The lowest BCUT2D eigenvalue weighted by Gasteiger charge is -2.27. The molecule has 0 bridgehead atoms. The van der Waals surface area contributed by atoms with Crippen molar-refractivity contribution in [3.63, 3.8) is 0 Å². The number of hydrogen-bond donors (Lipinski definition) is 1. The third-order valence-corrected chi connectivity index (χ3v) is 4.47. The quantitative estimate of drug-likeness (QED) is 0.589. The molecule has 4 nitrogen and oxygen atoms in total. The molecule has 4 heteroatoms. The summed E-state index contributed by atoms with van der Waals surface area (Å²) in [7, 11) is 0. The molecule has 0 saturated heterocycles. The highest BCUT2D eigenvalue weighted by Crippen LogP contribution is 2.37. The Labute approximate surface area is 145 Å². The number of benzene rings is 3. The van der Waals surface area contributed by atoms with Gasteiger partial charge in [0.25, 0.3) is 11.8 Å². The molecule has 2 amide bonds. The van der Waals surface area contributed by atoms with E-state index in [1.165, 1.54) is 4.90 Å². The van der Waals surface area contributed by atoms with Crippen molar-refractivity contribution < 1.29 is 9.59 Å². The SMILES string of the molecule is Nc1cccc2c1C(=O)N(C(c1ccccc1)c1ccccc1)C2=O. The highest BCUT2D eigenvalue weighted by Gasteiger charge is 2.42. The molecule has 0 atom stereocenters. The van der Waals surface area contributed by atoms with Crippen LogP contribution in [0.4, 0.5) is 5.69 Å². The molecule has 3 aromatic carbocycles. The molecule has 1 aliphatic heterocycles. The molecule has 2 N–H and O–H groups in total. The van der Waals surface area contributed by atoms with Crippen molar-refractivity contribution in [1.29, 1.82) is 0 Å². The average molecular weight is 328 g/mol. The van der Waals surface area contributed by atoms with Crippen molar-refractivity contribution in [3.05, 3.63) is 101 Å². The summed E-state index contributed by atoms with van der Waals surface area (Å²) < 4.78 is 0. The zero-order chi connectivity index (χ0) is 17.4. The summed E-state index contributed by atoms with van der Waals surface area (Å²) in [6.45, 7) is 0. The Hall–Kier alpha value is -3.40. The summed E-state index contributed by atoms with van der Waals surface area (Å²) in [6.07, 6.45) is 0. The van der Waals surface area contributed by atoms with E-state index in [2.05, 4.69) is 0 Å². The number of hydrogen-bond acceptors (Lipinski definition) is 3. The first-order chi connectivity index (χ1) is 12.2. The van der Waals surface area contributed by atoms with Crippen molar-refractivity contribution in [2.24, 2.45) is 0 Å². The maximum absolute atomic E-state index is 13.0. The van der Waals surface area contributed by atoms with Gasteiger partial charge in [0.2, 0.25) is 0 Å². The summed E-state index contributed by atoms with van der Waals surface area (Å²) in [5, 5.41) is 0. The summed E-state index contributed by atoms with van der Waals surface area (Å²) in [6, 6.07) is 23.6. The number of amides is 2. The van der Waals surface area contributed by atoms with E-state index >= 15 is 0 Å². The predicted molar refractivity (Wildman–Crippen MR) is 96.1 cm³/mol. The molecule has 122 valence electrons. The number of carbonyl (C=O) groups is 2.